The lowest BCUT2D eigenvalue weighted by molar-refractivity contribution is 0.306. The first kappa shape index (κ1) is 20.3. The molecule has 0 aliphatic carbocycles. The second-order valence-corrected chi connectivity index (χ2v) is 9.70. The summed E-state index contributed by atoms with van der Waals surface area (Å²) in [4.78, 5) is 18.4. The van der Waals surface area contributed by atoms with Gasteiger partial charge >= 0.3 is 0 Å². The fraction of sp³-hybridized carbons (Fsp3) is 0.458. The predicted molar refractivity (Wildman–Crippen MR) is 125 cm³/mol. The van der Waals surface area contributed by atoms with Crippen LogP contribution >= 0.6 is 11.8 Å². The van der Waals surface area contributed by atoms with Gasteiger partial charge in [-0.1, -0.05) is 19.9 Å². The Labute approximate surface area is 177 Å². The zero-order valence-corrected chi connectivity index (χ0v) is 18.7. The van der Waals surface area contributed by atoms with Crippen LogP contribution in [-0.4, -0.2) is 45.6 Å². The largest absolute Gasteiger partial charge is 0.354 e. The van der Waals surface area contributed by atoms with Gasteiger partial charge < -0.3 is 14.5 Å². The third kappa shape index (κ3) is 4.17. The molecule has 1 aliphatic rings. The van der Waals surface area contributed by atoms with Crippen LogP contribution in [0.4, 0.5) is 0 Å². The van der Waals surface area contributed by atoms with Gasteiger partial charge in [-0.15, -0.1) is 0 Å². The number of aryl methyl sites for hydroxylation is 2. The second kappa shape index (κ2) is 8.41. The lowest BCUT2D eigenvalue weighted by atomic mass is 9.95. The van der Waals surface area contributed by atoms with Gasteiger partial charge in [-0.2, -0.15) is 11.8 Å². The van der Waals surface area contributed by atoms with E-state index >= 15 is 0 Å². The van der Waals surface area contributed by atoms with E-state index in [2.05, 4.69) is 53.7 Å². The number of benzene rings is 1. The summed E-state index contributed by atoms with van der Waals surface area (Å²) in [5, 5.41) is 1.31. The van der Waals surface area contributed by atoms with Gasteiger partial charge in [0.1, 0.15) is 0 Å². The molecular weight excluding hydrogens is 378 g/mol. The molecule has 1 aromatic carbocycles. The highest BCUT2D eigenvalue weighted by Gasteiger charge is 2.18. The average Bonchev–Trinajstić information content (AvgIpc) is 3.10. The van der Waals surface area contributed by atoms with Gasteiger partial charge in [0.15, 0.2) is 0 Å². The van der Waals surface area contributed by atoms with Crippen LogP contribution in [0, 0.1) is 6.92 Å². The van der Waals surface area contributed by atoms with E-state index in [-0.39, 0.29) is 5.56 Å². The molecule has 4 nitrogen and oxygen atoms in total. The molecule has 3 aromatic rings. The van der Waals surface area contributed by atoms with Crippen LogP contribution in [0.15, 0.2) is 35.3 Å². The van der Waals surface area contributed by atoms with E-state index in [9.17, 15) is 4.79 Å². The summed E-state index contributed by atoms with van der Waals surface area (Å²) < 4.78 is 1.68. The summed E-state index contributed by atoms with van der Waals surface area (Å²) in [7, 11) is 1.83. The first-order valence-corrected chi connectivity index (χ1v) is 11.7. The van der Waals surface area contributed by atoms with Crippen molar-refractivity contribution in [1.29, 1.82) is 0 Å². The topological polar surface area (TPSA) is 41.0 Å². The van der Waals surface area contributed by atoms with Gasteiger partial charge in [0.25, 0.3) is 5.56 Å². The Morgan fingerprint density at radius 3 is 2.62 bits per heavy atom. The Hall–Kier alpha value is -1.98. The van der Waals surface area contributed by atoms with Crippen LogP contribution in [0.5, 0.6) is 0 Å². The molecule has 0 radical (unpaired) electrons. The molecule has 0 saturated carbocycles. The Morgan fingerprint density at radius 2 is 1.93 bits per heavy atom. The number of aromatic nitrogens is 2. The number of nitrogens with one attached hydrogen (secondary N) is 1. The number of aromatic amines is 1. The third-order valence-corrected chi connectivity index (χ3v) is 6.89. The van der Waals surface area contributed by atoms with E-state index in [1.54, 1.807) is 4.57 Å². The normalized spacial score (nSPS) is 15.5. The minimum absolute atomic E-state index is 0.0642. The van der Waals surface area contributed by atoms with Crippen molar-refractivity contribution in [3.8, 4) is 11.3 Å². The Morgan fingerprint density at radius 1 is 1.17 bits per heavy atom. The van der Waals surface area contributed by atoms with Crippen molar-refractivity contribution in [2.24, 2.45) is 7.05 Å². The number of nitrogens with zero attached hydrogens (tertiary/aromatic N) is 2. The molecule has 0 bridgehead atoms. The molecular formula is C24H31N3OS. The predicted octanol–water partition coefficient (Wildman–Crippen LogP) is 4.56. The van der Waals surface area contributed by atoms with E-state index in [1.807, 2.05) is 26.2 Å². The van der Waals surface area contributed by atoms with Crippen molar-refractivity contribution in [3.05, 3.63) is 57.5 Å². The molecule has 5 heteroatoms. The van der Waals surface area contributed by atoms with Crippen LogP contribution in [0.1, 0.15) is 36.5 Å². The van der Waals surface area contributed by atoms with Gasteiger partial charge in [0, 0.05) is 66.4 Å². The molecule has 0 unspecified atom stereocenters. The molecule has 0 atom stereocenters. The number of hydrogen-bond donors (Lipinski definition) is 1. The smallest absolute Gasteiger partial charge is 0.253 e. The zero-order valence-electron chi connectivity index (χ0n) is 17.9. The van der Waals surface area contributed by atoms with Crippen LogP contribution < -0.4 is 5.56 Å². The highest BCUT2D eigenvalue weighted by molar-refractivity contribution is 7.99. The van der Waals surface area contributed by atoms with Gasteiger partial charge in [0.05, 0.1) is 5.69 Å². The van der Waals surface area contributed by atoms with Crippen molar-refractivity contribution in [3.63, 3.8) is 0 Å². The first-order chi connectivity index (χ1) is 13.9. The Balaban J connectivity index is 1.71. The lowest BCUT2D eigenvalue weighted by Gasteiger charge is -2.26. The summed E-state index contributed by atoms with van der Waals surface area (Å²) in [6.45, 7) is 9.95. The third-order valence-electron chi connectivity index (χ3n) is 5.95. The number of thioether (sulfide) groups is 1. The highest BCUT2D eigenvalue weighted by Crippen LogP contribution is 2.36. The van der Waals surface area contributed by atoms with Crippen LogP contribution in [0.2, 0.25) is 0 Å². The Kier molecular flexibility index (Phi) is 5.88. The second-order valence-electron chi connectivity index (χ2n) is 8.48. The SMILES string of the molecule is Cc1cc(-c2[nH]c3ccc(CCN4CCSCC4)cc3c2C(C)C)cn(C)c1=O. The minimum atomic E-state index is 0.0642. The summed E-state index contributed by atoms with van der Waals surface area (Å²) in [5.41, 5.74) is 6.98. The monoisotopic (exact) mass is 409 g/mol. The quantitative estimate of drug-likeness (QED) is 0.672. The summed E-state index contributed by atoms with van der Waals surface area (Å²) in [6.07, 6.45) is 3.04. The zero-order chi connectivity index (χ0) is 20.5. The van der Waals surface area contributed by atoms with Crippen LogP contribution in [-0.2, 0) is 13.5 Å². The number of fused-ring (bicyclic) bond motifs is 1. The van der Waals surface area contributed by atoms with E-state index in [4.69, 9.17) is 0 Å². The molecule has 0 spiro atoms. The molecule has 1 N–H and O–H groups in total. The van der Waals surface area contributed by atoms with Crippen molar-refractivity contribution in [2.75, 3.05) is 31.1 Å². The fourth-order valence-corrected chi connectivity index (χ4v) is 5.35. The molecule has 29 heavy (non-hydrogen) atoms. The molecule has 2 aromatic heterocycles. The maximum atomic E-state index is 12.1. The van der Waals surface area contributed by atoms with Crippen molar-refractivity contribution < 1.29 is 0 Å². The first-order valence-electron chi connectivity index (χ1n) is 10.6. The maximum absolute atomic E-state index is 12.1. The van der Waals surface area contributed by atoms with Crippen molar-refractivity contribution >= 4 is 22.7 Å². The van der Waals surface area contributed by atoms with E-state index < -0.39 is 0 Å². The molecule has 0 amide bonds. The number of hydrogen-bond acceptors (Lipinski definition) is 3. The number of pyridine rings is 1. The van der Waals surface area contributed by atoms with E-state index in [0.29, 0.717) is 5.92 Å². The average molecular weight is 410 g/mol. The lowest BCUT2D eigenvalue weighted by Crippen LogP contribution is -2.34. The summed E-state index contributed by atoms with van der Waals surface area (Å²) in [6, 6.07) is 8.87. The van der Waals surface area contributed by atoms with Gasteiger partial charge in [0.2, 0.25) is 0 Å². The van der Waals surface area contributed by atoms with Gasteiger partial charge in [-0.05, 0) is 48.6 Å². The minimum Gasteiger partial charge on any atom is -0.354 e. The Bertz CT molecular complexity index is 1050. The van der Waals surface area contributed by atoms with Gasteiger partial charge in [-0.25, -0.2) is 0 Å². The van der Waals surface area contributed by atoms with Crippen LogP contribution in [0.3, 0.4) is 0 Å². The molecule has 1 fully saturated rings. The number of H-pyrrole nitrogens is 1. The maximum Gasteiger partial charge on any atom is 0.253 e. The molecule has 3 heterocycles. The summed E-state index contributed by atoms with van der Waals surface area (Å²) in [5.74, 6) is 2.92. The fourth-order valence-electron chi connectivity index (χ4n) is 4.37. The standard InChI is InChI=1S/C24H31N3OS/c1-16(2)22-20-14-18(7-8-27-9-11-29-12-10-27)5-6-21(20)25-23(22)19-13-17(3)24(28)26(4)15-19/h5-6,13-16,25H,7-12H2,1-4H3. The van der Waals surface area contributed by atoms with E-state index in [0.717, 1.165) is 29.8 Å². The van der Waals surface area contributed by atoms with Crippen molar-refractivity contribution in [1.82, 2.24) is 14.5 Å². The summed E-state index contributed by atoms with van der Waals surface area (Å²) >= 11 is 2.06. The van der Waals surface area contributed by atoms with E-state index in [1.165, 1.54) is 46.6 Å². The molecule has 1 saturated heterocycles. The molecule has 1 aliphatic heterocycles. The molecule has 154 valence electrons. The molecule has 4 rings (SSSR count). The number of rotatable bonds is 5. The van der Waals surface area contributed by atoms with Crippen molar-refractivity contribution in [2.45, 2.75) is 33.1 Å². The van der Waals surface area contributed by atoms with Crippen LogP contribution in [0.25, 0.3) is 22.2 Å². The highest BCUT2D eigenvalue weighted by atomic mass is 32.2. The van der Waals surface area contributed by atoms with Gasteiger partial charge in [-0.3, -0.25) is 4.79 Å².